The maximum Gasteiger partial charge on any atom is 0.282 e. The van der Waals surface area contributed by atoms with E-state index in [4.69, 9.17) is 0 Å². The minimum atomic E-state index is -0.358. The number of imide groups is 1. The molecule has 0 unspecified atom stereocenters. The number of amides is 2. The Morgan fingerprint density at radius 2 is 1.56 bits per heavy atom. The Morgan fingerprint density at radius 1 is 0.853 bits per heavy atom. The maximum absolute atomic E-state index is 13.8. The first kappa shape index (κ1) is 23.3. The van der Waals surface area contributed by atoms with Crippen LogP contribution >= 0.6 is 0 Å². The van der Waals surface area contributed by atoms with Crippen molar-refractivity contribution in [3.05, 3.63) is 94.7 Å². The van der Waals surface area contributed by atoms with Crippen molar-refractivity contribution >= 4 is 34.4 Å². The van der Waals surface area contributed by atoms with E-state index in [1.54, 1.807) is 6.07 Å². The van der Waals surface area contributed by atoms with Crippen molar-refractivity contribution in [3.8, 4) is 0 Å². The lowest BCUT2D eigenvalue weighted by molar-refractivity contribution is -0.120. The number of carbonyl (C=O) groups excluding carboxylic acids is 2. The van der Waals surface area contributed by atoms with E-state index in [2.05, 4.69) is 19.2 Å². The van der Waals surface area contributed by atoms with Crippen LogP contribution in [-0.2, 0) is 9.59 Å². The van der Waals surface area contributed by atoms with Gasteiger partial charge in [0, 0.05) is 25.5 Å². The second kappa shape index (κ2) is 9.18. The van der Waals surface area contributed by atoms with Gasteiger partial charge in [-0.15, -0.1) is 0 Å². The zero-order valence-corrected chi connectivity index (χ0v) is 20.6. The van der Waals surface area contributed by atoms with E-state index < -0.39 is 0 Å². The third kappa shape index (κ3) is 4.34. The van der Waals surface area contributed by atoms with Crippen molar-refractivity contribution in [2.24, 2.45) is 0 Å². The van der Waals surface area contributed by atoms with Gasteiger partial charge in [-0.2, -0.15) is 0 Å². The summed E-state index contributed by atoms with van der Waals surface area (Å²) >= 11 is 0. The summed E-state index contributed by atoms with van der Waals surface area (Å²) in [5, 5.41) is 3.27. The molecule has 0 saturated heterocycles. The maximum atomic E-state index is 13.8. The van der Waals surface area contributed by atoms with Crippen LogP contribution in [0.25, 0.3) is 5.57 Å². The molecule has 0 radical (unpaired) electrons. The fourth-order valence-electron chi connectivity index (χ4n) is 4.23. The van der Waals surface area contributed by atoms with E-state index in [0.29, 0.717) is 22.9 Å². The molecule has 0 spiro atoms. The minimum absolute atomic E-state index is 0.296. The third-order valence-corrected chi connectivity index (χ3v) is 6.19. The van der Waals surface area contributed by atoms with Gasteiger partial charge >= 0.3 is 0 Å². The van der Waals surface area contributed by atoms with Crippen molar-refractivity contribution in [2.45, 2.75) is 33.6 Å². The minimum Gasteiger partial charge on any atom is -0.378 e. The Hall–Kier alpha value is -3.86. The van der Waals surface area contributed by atoms with E-state index in [1.165, 1.54) is 10.5 Å². The van der Waals surface area contributed by atoms with Crippen LogP contribution in [0.2, 0.25) is 0 Å². The SMILES string of the molecule is Cc1ccc(C2=C(Nc3ccc(C(C)C)cc3)C(=O)N(c3cccc(N(C)C)c3)C2=O)c(C)c1. The Morgan fingerprint density at radius 3 is 2.18 bits per heavy atom. The highest BCUT2D eigenvalue weighted by Gasteiger charge is 2.40. The van der Waals surface area contributed by atoms with Gasteiger partial charge in [-0.3, -0.25) is 9.59 Å². The molecule has 174 valence electrons. The van der Waals surface area contributed by atoms with Crippen molar-refractivity contribution < 1.29 is 9.59 Å². The number of hydrogen-bond acceptors (Lipinski definition) is 4. The molecule has 0 bridgehead atoms. The molecule has 0 saturated carbocycles. The van der Waals surface area contributed by atoms with Crippen LogP contribution < -0.4 is 15.1 Å². The molecule has 5 heteroatoms. The summed E-state index contributed by atoms with van der Waals surface area (Å²) in [7, 11) is 3.86. The normalized spacial score (nSPS) is 13.8. The number of rotatable bonds is 6. The molecule has 0 aliphatic carbocycles. The lowest BCUT2D eigenvalue weighted by Crippen LogP contribution is -2.32. The predicted octanol–water partition coefficient (Wildman–Crippen LogP) is 5.89. The Kier molecular flexibility index (Phi) is 6.29. The molecular weight excluding hydrogens is 422 g/mol. The summed E-state index contributed by atoms with van der Waals surface area (Å²) in [6, 6.07) is 21.4. The average molecular weight is 454 g/mol. The number of aryl methyl sites for hydroxylation is 2. The lowest BCUT2D eigenvalue weighted by atomic mass is 9.97. The first-order valence-corrected chi connectivity index (χ1v) is 11.5. The summed E-state index contributed by atoms with van der Waals surface area (Å²) in [4.78, 5) is 30.7. The van der Waals surface area contributed by atoms with Gasteiger partial charge in [0.15, 0.2) is 0 Å². The highest BCUT2D eigenvalue weighted by atomic mass is 16.2. The van der Waals surface area contributed by atoms with Crippen LogP contribution in [0.3, 0.4) is 0 Å². The molecule has 5 nitrogen and oxygen atoms in total. The van der Waals surface area contributed by atoms with Crippen molar-refractivity contribution in [2.75, 3.05) is 29.2 Å². The predicted molar refractivity (Wildman–Crippen MR) is 140 cm³/mol. The van der Waals surface area contributed by atoms with Crippen molar-refractivity contribution in [3.63, 3.8) is 0 Å². The molecule has 34 heavy (non-hydrogen) atoms. The standard InChI is InChI=1S/C29H31N3O2/c1-18(2)21-11-13-22(14-12-21)30-27-26(25-15-10-19(3)16-20(25)4)28(33)32(29(27)34)24-9-7-8-23(17-24)31(5)6/h7-18,30H,1-6H3. The molecule has 0 fully saturated rings. The van der Waals surface area contributed by atoms with E-state index >= 15 is 0 Å². The highest BCUT2D eigenvalue weighted by Crippen LogP contribution is 2.36. The zero-order chi connectivity index (χ0) is 24.6. The Labute approximate surface area is 201 Å². The third-order valence-electron chi connectivity index (χ3n) is 6.19. The van der Waals surface area contributed by atoms with Crippen molar-refractivity contribution in [1.29, 1.82) is 0 Å². The average Bonchev–Trinajstić information content (AvgIpc) is 3.03. The molecule has 1 heterocycles. The lowest BCUT2D eigenvalue weighted by Gasteiger charge is -2.19. The number of nitrogens with zero attached hydrogens (tertiary/aromatic N) is 2. The van der Waals surface area contributed by atoms with Crippen LogP contribution in [-0.4, -0.2) is 25.9 Å². The van der Waals surface area contributed by atoms with Crippen LogP contribution in [0.1, 0.15) is 42.0 Å². The highest BCUT2D eigenvalue weighted by molar-refractivity contribution is 6.46. The molecule has 0 atom stereocenters. The Balaban J connectivity index is 1.82. The molecule has 2 amide bonds. The fraction of sp³-hybridized carbons (Fsp3) is 0.241. The van der Waals surface area contributed by atoms with Crippen LogP contribution in [0.5, 0.6) is 0 Å². The number of hydrogen-bond donors (Lipinski definition) is 1. The molecule has 3 aromatic carbocycles. The van der Waals surface area contributed by atoms with Crippen LogP contribution in [0.15, 0.2) is 72.4 Å². The molecule has 1 aliphatic heterocycles. The molecule has 3 aromatic rings. The quantitative estimate of drug-likeness (QED) is 0.473. The Bertz CT molecular complexity index is 1290. The molecule has 4 rings (SSSR count). The monoisotopic (exact) mass is 453 g/mol. The summed E-state index contributed by atoms with van der Waals surface area (Å²) in [5.41, 5.74) is 6.96. The van der Waals surface area contributed by atoms with E-state index in [0.717, 1.165) is 28.1 Å². The topological polar surface area (TPSA) is 52.7 Å². The van der Waals surface area contributed by atoms with Crippen LogP contribution in [0.4, 0.5) is 17.1 Å². The first-order chi connectivity index (χ1) is 16.2. The van der Waals surface area contributed by atoms with Gasteiger partial charge in [0.2, 0.25) is 0 Å². The molecule has 1 aliphatic rings. The summed E-state index contributed by atoms with van der Waals surface area (Å²) in [6.45, 7) is 8.27. The first-order valence-electron chi connectivity index (χ1n) is 11.5. The van der Waals surface area contributed by atoms with Gasteiger partial charge in [-0.1, -0.05) is 55.8 Å². The second-order valence-electron chi connectivity index (χ2n) is 9.33. The molecular formula is C29H31N3O2. The van der Waals surface area contributed by atoms with Gasteiger partial charge in [-0.05, 0) is 66.8 Å². The molecule has 0 aromatic heterocycles. The van der Waals surface area contributed by atoms with Gasteiger partial charge < -0.3 is 10.2 Å². The van der Waals surface area contributed by atoms with E-state index in [-0.39, 0.29) is 11.8 Å². The largest absolute Gasteiger partial charge is 0.378 e. The number of benzene rings is 3. The second-order valence-corrected chi connectivity index (χ2v) is 9.33. The smallest absolute Gasteiger partial charge is 0.282 e. The molecule has 1 N–H and O–H groups in total. The van der Waals surface area contributed by atoms with Crippen molar-refractivity contribution in [1.82, 2.24) is 0 Å². The summed E-state index contributed by atoms with van der Waals surface area (Å²) < 4.78 is 0. The fourth-order valence-corrected chi connectivity index (χ4v) is 4.23. The van der Waals surface area contributed by atoms with Gasteiger partial charge in [-0.25, -0.2) is 4.90 Å². The van der Waals surface area contributed by atoms with Gasteiger partial charge in [0.1, 0.15) is 5.70 Å². The zero-order valence-electron chi connectivity index (χ0n) is 20.6. The number of nitrogens with one attached hydrogen (secondary N) is 1. The summed E-state index contributed by atoms with van der Waals surface area (Å²) in [6.07, 6.45) is 0. The van der Waals surface area contributed by atoms with Gasteiger partial charge in [0.25, 0.3) is 11.8 Å². The van der Waals surface area contributed by atoms with Crippen LogP contribution in [0, 0.1) is 13.8 Å². The van der Waals surface area contributed by atoms with E-state index in [9.17, 15) is 9.59 Å². The van der Waals surface area contributed by atoms with E-state index in [1.807, 2.05) is 93.5 Å². The van der Waals surface area contributed by atoms with Gasteiger partial charge in [0.05, 0.1) is 11.3 Å². The number of anilines is 3. The summed E-state index contributed by atoms with van der Waals surface area (Å²) in [5.74, 6) is -0.272. The number of carbonyl (C=O) groups is 2.